The minimum absolute atomic E-state index is 0.147. The highest BCUT2D eigenvalue weighted by Gasteiger charge is 2.27. The number of aryl methyl sites for hydroxylation is 3. The quantitative estimate of drug-likeness (QED) is 0.734. The zero-order valence-corrected chi connectivity index (χ0v) is 17.8. The van der Waals surface area contributed by atoms with E-state index >= 15 is 0 Å². The second-order valence-electron chi connectivity index (χ2n) is 7.02. The molecule has 6 nitrogen and oxygen atoms in total. The van der Waals surface area contributed by atoms with Crippen molar-refractivity contribution in [1.29, 1.82) is 0 Å². The average molecular weight is 405 g/mol. The standard InChI is InChI=1S/C21H28N2O4S/c1-15-6-10-20(11-7-15)28(25,26)23(13-21(24)22-18(4)14-27-5)19-9-8-16(2)17(3)12-19/h6-12,18H,13-14H2,1-5H3,(H,22,24)/t18-/m1/s1. The molecule has 0 saturated carbocycles. The molecule has 0 saturated heterocycles. The molecule has 1 N–H and O–H groups in total. The van der Waals surface area contributed by atoms with Crippen LogP contribution in [0.25, 0.3) is 0 Å². The van der Waals surface area contributed by atoms with E-state index in [1.165, 1.54) is 0 Å². The number of sulfonamides is 1. The summed E-state index contributed by atoms with van der Waals surface area (Å²) in [4.78, 5) is 12.7. The van der Waals surface area contributed by atoms with Gasteiger partial charge in [0.1, 0.15) is 6.54 Å². The van der Waals surface area contributed by atoms with E-state index in [4.69, 9.17) is 4.74 Å². The predicted octanol–water partition coefficient (Wildman–Crippen LogP) is 2.96. The lowest BCUT2D eigenvalue weighted by Gasteiger charge is -2.25. The molecule has 1 atom stereocenters. The molecule has 2 rings (SSSR count). The Labute approximate surface area is 167 Å². The van der Waals surface area contributed by atoms with E-state index in [1.54, 1.807) is 50.4 Å². The van der Waals surface area contributed by atoms with Crippen LogP contribution in [0, 0.1) is 20.8 Å². The molecule has 0 aliphatic heterocycles. The van der Waals surface area contributed by atoms with E-state index in [1.807, 2.05) is 26.8 Å². The zero-order valence-electron chi connectivity index (χ0n) is 17.0. The number of methoxy groups -OCH3 is 1. The molecule has 0 fully saturated rings. The van der Waals surface area contributed by atoms with E-state index in [0.29, 0.717) is 12.3 Å². The van der Waals surface area contributed by atoms with Crippen LogP contribution in [0.5, 0.6) is 0 Å². The number of ether oxygens (including phenoxy) is 1. The third-order valence-electron chi connectivity index (χ3n) is 4.50. The normalized spacial score (nSPS) is 12.5. The molecule has 2 aromatic carbocycles. The highest BCUT2D eigenvalue weighted by molar-refractivity contribution is 7.92. The van der Waals surface area contributed by atoms with Gasteiger partial charge in [-0.3, -0.25) is 9.10 Å². The summed E-state index contributed by atoms with van der Waals surface area (Å²) >= 11 is 0. The van der Waals surface area contributed by atoms with Gasteiger partial charge in [0.25, 0.3) is 10.0 Å². The lowest BCUT2D eigenvalue weighted by atomic mass is 10.1. The molecule has 0 bridgehead atoms. The number of nitrogens with one attached hydrogen (secondary N) is 1. The fourth-order valence-electron chi connectivity index (χ4n) is 2.78. The highest BCUT2D eigenvalue weighted by Crippen LogP contribution is 2.26. The average Bonchev–Trinajstić information content (AvgIpc) is 2.62. The van der Waals surface area contributed by atoms with Crippen LogP contribution in [-0.4, -0.2) is 40.6 Å². The van der Waals surface area contributed by atoms with Crippen molar-refractivity contribution in [3.8, 4) is 0 Å². The number of rotatable bonds is 8. The molecule has 0 radical (unpaired) electrons. The van der Waals surface area contributed by atoms with Crippen LogP contribution in [0.3, 0.4) is 0 Å². The van der Waals surface area contributed by atoms with Crippen molar-refractivity contribution >= 4 is 21.6 Å². The predicted molar refractivity (Wildman–Crippen MR) is 111 cm³/mol. The number of anilines is 1. The summed E-state index contributed by atoms with van der Waals surface area (Å²) in [6.45, 7) is 7.60. The lowest BCUT2D eigenvalue weighted by molar-refractivity contribution is -0.120. The number of hydrogen-bond donors (Lipinski definition) is 1. The maximum atomic E-state index is 13.3. The first-order chi connectivity index (χ1) is 13.1. The van der Waals surface area contributed by atoms with E-state index in [2.05, 4.69) is 5.32 Å². The Morgan fingerprint density at radius 3 is 2.29 bits per heavy atom. The van der Waals surface area contributed by atoms with Crippen LogP contribution in [0.4, 0.5) is 5.69 Å². The monoisotopic (exact) mass is 404 g/mol. The summed E-state index contributed by atoms with van der Waals surface area (Å²) < 4.78 is 32.8. The molecule has 0 spiro atoms. The van der Waals surface area contributed by atoms with Crippen molar-refractivity contribution in [3.05, 3.63) is 59.2 Å². The second-order valence-corrected chi connectivity index (χ2v) is 8.88. The van der Waals surface area contributed by atoms with Crippen molar-refractivity contribution in [1.82, 2.24) is 5.32 Å². The molecule has 0 heterocycles. The minimum Gasteiger partial charge on any atom is -0.383 e. The van der Waals surface area contributed by atoms with Gasteiger partial charge < -0.3 is 10.1 Å². The van der Waals surface area contributed by atoms with Gasteiger partial charge in [-0.05, 0) is 63.1 Å². The Morgan fingerprint density at radius 1 is 1.07 bits per heavy atom. The van der Waals surface area contributed by atoms with Crippen LogP contribution < -0.4 is 9.62 Å². The van der Waals surface area contributed by atoms with Crippen LogP contribution in [0.1, 0.15) is 23.6 Å². The Bertz CT molecular complexity index is 924. The molecule has 0 unspecified atom stereocenters. The van der Waals surface area contributed by atoms with Crippen LogP contribution in [0.2, 0.25) is 0 Å². The van der Waals surface area contributed by atoms with Gasteiger partial charge in [0.05, 0.1) is 17.2 Å². The molecular weight excluding hydrogens is 376 g/mol. The van der Waals surface area contributed by atoms with Crippen LogP contribution >= 0.6 is 0 Å². The molecule has 7 heteroatoms. The first-order valence-electron chi connectivity index (χ1n) is 9.10. The number of carbonyl (C=O) groups excluding carboxylic acids is 1. The van der Waals surface area contributed by atoms with Crippen LogP contribution in [0.15, 0.2) is 47.4 Å². The Hall–Kier alpha value is -2.38. The number of hydrogen-bond acceptors (Lipinski definition) is 4. The Morgan fingerprint density at radius 2 is 1.71 bits per heavy atom. The number of amides is 1. The van der Waals surface area contributed by atoms with E-state index in [9.17, 15) is 13.2 Å². The summed E-state index contributed by atoms with van der Waals surface area (Å²) in [6.07, 6.45) is 0. The van der Waals surface area contributed by atoms with Gasteiger partial charge in [-0.2, -0.15) is 0 Å². The second kappa shape index (κ2) is 9.21. The summed E-state index contributed by atoms with van der Waals surface area (Å²) in [7, 11) is -2.35. The smallest absolute Gasteiger partial charge is 0.264 e. The summed E-state index contributed by atoms with van der Waals surface area (Å²) in [5.74, 6) is -0.390. The zero-order chi connectivity index (χ0) is 20.9. The largest absolute Gasteiger partial charge is 0.383 e. The van der Waals surface area contributed by atoms with Gasteiger partial charge in [-0.15, -0.1) is 0 Å². The van der Waals surface area contributed by atoms with Gasteiger partial charge in [0.2, 0.25) is 5.91 Å². The number of benzene rings is 2. The lowest BCUT2D eigenvalue weighted by Crippen LogP contribution is -2.44. The van der Waals surface area contributed by atoms with E-state index in [-0.39, 0.29) is 17.5 Å². The summed E-state index contributed by atoms with van der Waals surface area (Å²) in [6, 6.07) is 11.7. The number of carbonyl (C=O) groups is 1. The molecule has 28 heavy (non-hydrogen) atoms. The van der Waals surface area contributed by atoms with Gasteiger partial charge in [-0.25, -0.2) is 8.42 Å². The van der Waals surface area contributed by atoms with E-state index in [0.717, 1.165) is 21.0 Å². The van der Waals surface area contributed by atoms with Gasteiger partial charge in [0, 0.05) is 13.2 Å². The third-order valence-corrected chi connectivity index (χ3v) is 6.29. The molecule has 2 aromatic rings. The molecule has 1 amide bonds. The molecule has 0 aromatic heterocycles. The van der Waals surface area contributed by atoms with Gasteiger partial charge >= 0.3 is 0 Å². The van der Waals surface area contributed by atoms with Crippen LogP contribution in [-0.2, 0) is 19.6 Å². The maximum absolute atomic E-state index is 13.3. The Kier molecular flexibility index (Phi) is 7.21. The fourth-order valence-corrected chi connectivity index (χ4v) is 4.19. The first kappa shape index (κ1) is 21.9. The van der Waals surface area contributed by atoms with Crippen molar-refractivity contribution in [2.24, 2.45) is 0 Å². The topological polar surface area (TPSA) is 75.7 Å². The van der Waals surface area contributed by atoms with Crippen molar-refractivity contribution < 1.29 is 17.9 Å². The SMILES string of the molecule is COC[C@@H](C)NC(=O)CN(c1ccc(C)c(C)c1)S(=O)(=O)c1ccc(C)cc1. The molecular formula is C21H28N2O4S. The highest BCUT2D eigenvalue weighted by atomic mass is 32.2. The maximum Gasteiger partial charge on any atom is 0.264 e. The van der Waals surface area contributed by atoms with Gasteiger partial charge in [0.15, 0.2) is 0 Å². The fraction of sp³-hybridized carbons (Fsp3) is 0.381. The minimum atomic E-state index is -3.90. The molecule has 0 aliphatic carbocycles. The first-order valence-corrected chi connectivity index (χ1v) is 10.5. The van der Waals surface area contributed by atoms with Crippen molar-refractivity contribution in [3.63, 3.8) is 0 Å². The number of nitrogens with zero attached hydrogens (tertiary/aromatic N) is 1. The molecule has 0 aliphatic rings. The summed E-state index contributed by atoms with van der Waals surface area (Å²) in [5.41, 5.74) is 3.42. The van der Waals surface area contributed by atoms with E-state index < -0.39 is 15.9 Å². The third kappa shape index (κ3) is 5.33. The molecule has 152 valence electrons. The Balaban J connectivity index is 2.42. The van der Waals surface area contributed by atoms with Crippen molar-refractivity contribution in [2.45, 2.75) is 38.6 Å². The van der Waals surface area contributed by atoms with Gasteiger partial charge in [-0.1, -0.05) is 23.8 Å². The van der Waals surface area contributed by atoms with Crippen molar-refractivity contribution in [2.75, 3.05) is 24.6 Å². The summed E-state index contributed by atoms with van der Waals surface area (Å²) in [5, 5.41) is 2.77.